The lowest BCUT2D eigenvalue weighted by Gasteiger charge is -2.04. The van der Waals surface area contributed by atoms with Crippen LogP contribution in [0.4, 0.5) is 4.39 Å². The summed E-state index contributed by atoms with van der Waals surface area (Å²) < 4.78 is 18.5. The Kier molecular flexibility index (Phi) is 2.68. The van der Waals surface area contributed by atoms with E-state index in [-0.39, 0.29) is 22.3 Å². The van der Waals surface area contributed by atoms with Crippen molar-refractivity contribution in [2.75, 3.05) is 0 Å². The summed E-state index contributed by atoms with van der Waals surface area (Å²) in [7, 11) is 0. The van der Waals surface area contributed by atoms with Gasteiger partial charge in [0.05, 0.1) is 10.9 Å². The van der Waals surface area contributed by atoms with Crippen LogP contribution in [0.2, 0.25) is 0 Å². The highest BCUT2D eigenvalue weighted by atomic mass is 19.1. The van der Waals surface area contributed by atoms with Gasteiger partial charge in [0.1, 0.15) is 17.7 Å². The Bertz CT molecular complexity index is 867. The van der Waals surface area contributed by atoms with Crippen LogP contribution in [0.3, 0.4) is 0 Å². The minimum absolute atomic E-state index is 0.113. The van der Waals surface area contributed by atoms with Crippen LogP contribution in [-0.4, -0.2) is 10.2 Å². The highest BCUT2D eigenvalue weighted by Gasteiger charge is 2.12. The van der Waals surface area contributed by atoms with Crippen molar-refractivity contribution in [1.82, 2.24) is 0 Å². The molecule has 0 saturated heterocycles. The molecule has 0 atom stereocenters. The Morgan fingerprint density at radius 3 is 2.55 bits per heavy atom. The van der Waals surface area contributed by atoms with Crippen LogP contribution >= 0.6 is 0 Å². The van der Waals surface area contributed by atoms with Gasteiger partial charge in [-0.1, -0.05) is 12.1 Å². The molecule has 0 aliphatic heterocycles. The number of phenolic OH excluding ortho intramolecular Hbond substituents is 2. The third kappa shape index (κ3) is 1.89. The second-order valence-corrected chi connectivity index (χ2v) is 4.33. The molecule has 0 radical (unpaired) electrons. The Balaban J connectivity index is 2.31. The first-order chi connectivity index (χ1) is 9.56. The molecule has 3 rings (SSSR count). The molecule has 1 heterocycles. The van der Waals surface area contributed by atoms with Gasteiger partial charge in [0.2, 0.25) is 5.43 Å². The SMILES string of the molecule is O=c1c(-c2cccc(F)c2)coc2cc(O)c(O)cc12. The number of rotatable bonds is 1. The lowest BCUT2D eigenvalue weighted by Crippen LogP contribution is -2.04. The second kappa shape index (κ2) is 4.38. The van der Waals surface area contributed by atoms with E-state index in [4.69, 9.17) is 4.42 Å². The maximum atomic E-state index is 13.2. The minimum Gasteiger partial charge on any atom is -0.504 e. The molecule has 2 N–H and O–H groups in total. The molecule has 0 aliphatic rings. The van der Waals surface area contributed by atoms with Gasteiger partial charge in [-0.25, -0.2) is 4.39 Å². The first-order valence-electron chi connectivity index (χ1n) is 5.79. The van der Waals surface area contributed by atoms with E-state index >= 15 is 0 Å². The zero-order valence-corrected chi connectivity index (χ0v) is 10.1. The number of aromatic hydroxyl groups is 2. The molecule has 0 saturated carbocycles. The van der Waals surface area contributed by atoms with Gasteiger partial charge < -0.3 is 14.6 Å². The Hall–Kier alpha value is -2.82. The van der Waals surface area contributed by atoms with E-state index in [0.717, 1.165) is 12.1 Å². The number of hydrogen-bond acceptors (Lipinski definition) is 4. The van der Waals surface area contributed by atoms with Crippen LogP contribution in [0.15, 0.2) is 51.9 Å². The van der Waals surface area contributed by atoms with Gasteiger partial charge in [-0.2, -0.15) is 0 Å². The van der Waals surface area contributed by atoms with Crippen molar-refractivity contribution >= 4 is 11.0 Å². The normalized spacial score (nSPS) is 10.8. The van der Waals surface area contributed by atoms with Gasteiger partial charge >= 0.3 is 0 Å². The van der Waals surface area contributed by atoms with Crippen molar-refractivity contribution in [3.05, 3.63) is 58.7 Å². The monoisotopic (exact) mass is 272 g/mol. The van der Waals surface area contributed by atoms with Crippen molar-refractivity contribution < 1.29 is 19.0 Å². The third-order valence-electron chi connectivity index (χ3n) is 3.01. The van der Waals surface area contributed by atoms with Crippen molar-refractivity contribution in [3.8, 4) is 22.6 Å². The lowest BCUT2D eigenvalue weighted by molar-refractivity contribution is 0.403. The topological polar surface area (TPSA) is 70.7 Å². The number of phenols is 2. The summed E-state index contributed by atoms with van der Waals surface area (Å²) >= 11 is 0. The van der Waals surface area contributed by atoms with Crippen LogP contribution < -0.4 is 5.43 Å². The summed E-state index contributed by atoms with van der Waals surface area (Å²) in [6.07, 6.45) is 1.20. The zero-order valence-electron chi connectivity index (χ0n) is 10.1. The number of hydrogen-bond donors (Lipinski definition) is 2. The second-order valence-electron chi connectivity index (χ2n) is 4.33. The highest BCUT2D eigenvalue weighted by Crippen LogP contribution is 2.30. The van der Waals surface area contributed by atoms with Crippen molar-refractivity contribution in [2.24, 2.45) is 0 Å². The summed E-state index contributed by atoms with van der Waals surface area (Å²) in [5.74, 6) is -1.25. The summed E-state index contributed by atoms with van der Waals surface area (Å²) in [4.78, 5) is 12.3. The van der Waals surface area contributed by atoms with Crippen LogP contribution in [0.5, 0.6) is 11.5 Å². The van der Waals surface area contributed by atoms with Crippen LogP contribution in [-0.2, 0) is 0 Å². The largest absolute Gasteiger partial charge is 0.504 e. The molecule has 1 aromatic heterocycles. The van der Waals surface area contributed by atoms with Crippen LogP contribution in [0.1, 0.15) is 0 Å². The maximum Gasteiger partial charge on any atom is 0.200 e. The molecule has 0 aliphatic carbocycles. The smallest absolute Gasteiger partial charge is 0.200 e. The average Bonchev–Trinajstić information content (AvgIpc) is 2.41. The molecule has 0 unspecified atom stereocenters. The minimum atomic E-state index is -0.462. The van der Waals surface area contributed by atoms with Gasteiger partial charge in [-0.3, -0.25) is 4.79 Å². The standard InChI is InChI=1S/C15H9FO4/c16-9-3-1-2-8(4-9)11-7-20-14-6-13(18)12(17)5-10(14)15(11)19/h1-7,17-18H. The fourth-order valence-electron chi connectivity index (χ4n) is 2.01. The van der Waals surface area contributed by atoms with E-state index in [2.05, 4.69) is 0 Å². The molecular weight excluding hydrogens is 263 g/mol. The summed E-state index contributed by atoms with van der Waals surface area (Å²) in [6, 6.07) is 7.85. The maximum absolute atomic E-state index is 13.2. The highest BCUT2D eigenvalue weighted by molar-refractivity contribution is 5.84. The molecule has 0 bridgehead atoms. The molecule has 20 heavy (non-hydrogen) atoms. The summed E-state index contributed by atoms with van der Waals surface area (Å²) in [5.41, 5.74) is 0.299. The molecule has 100 valence electrons. The Morgan fingerprint density at radius 1 is 1.05 bits per heavy atom. The molecule has 2 aromatic carbocycles. The number of fused-ring (bicyclic) bond motifs is 1. The van der Waals surface area contributed by atoms with Crippen molar-refractivity contribution in [3.63, 3.8) is 0 Å². The van der Waals surface area contributed by atoms with Gasteiger partial charge in [0.25, 0.3) is 0 Å². The van der Waals surface area contributed by atoms with Gasteiger partial charge in [0.15, 0.2) is 11.5 Å². The van der Waals surface area contributed by atoms with Crippen LogP contribution in [0, 0.1) is 5.82 Å². The van der Waals surface area contributed by atoms with Crippen molar-refractivity contribution in [1.29, 1.82) is 0 Å². The molecule has 0 spiro atoms. The lowest BCUT2D eigenvalue weighted by atomic mass is 10.1. The van der Waals surface area contributed by atoms with E-state index in [1.54, 1.807) is 6.07 Å². The fraction of sp³-hybridized carbons (Fsp3) is 0. The van der Waals surface area contributed by atoms with Crippen LogP contribution in [0.25, 0.3) is 22.1 Å². The number of halogens is 1. The quantitative estimate of drug-likeness (QED) is 0.668. The van der Waals surface area contributed by atoms with Gasteiger partial charge in [-0.15, -0.1) is 0 Å². The first kappa shape index (κ1) is 12.2. The average molecular weight is 272 g/mol. The van der Waals surface area contributed by atoms with E-state index in [0.29, 0.717) is 5.56 Å². The van der Waals surface area contributed by atoms with Gasteiger partial charge in [-0.05, 0) is 23.8 Å². The predicted molar refractivity (Wildman–Crippen MR) is 71.2 cm³/mol. The van der Waals surface area contributed by atoms with E-state index in [1.165, 1.54) is 24.5 Å². The molecule has 4 nitrogen and oxygen atoms in total. The van der Waals surface area contributed by atoms with E-state index in [9.17, 15) is 19.4 Å². The third-order valence-corrected chi connectivity index (χ3v) is 3.01. The fourth-order valence-corrected chi connectivity index (χ4v) is 2.01. The Morgan fingerprint density at radius 2 is 1.80 bits per heavy atom. The number of benzene rings is 2. The summed E-state index contributed by atoms with van der Waals surface area (Å²) in [6.45, 7) is 0. The zero-order chi connectivity index (χ0) is 14.3. The summed E-state index contributed by atoms with van der Waals surface area (Å²) in [5, 5.41) is 18.9. The molecule has 3 aromatic rings. The molecule has 5 heteroatoms. The first-order valence-corrected chi connectivity index (χ1v) is 5.79. The molecular formula is C15H9FO4. The molecule has 0 fully saturated rings. The van der Waals surface area contributed by atoms with Gasteiger partial charge in [0, 0.05) is 6.07 Å². The predicted octanol–water partition coefficient (Wildman–Crippen LogP) is 3.01. The van der Waals surface area contributed by atoms with E-state index < -0.39 is 17.0 Å². The molecule has 0 amide bonds. The Labute approximate surface area is 112 Å². The van der Waals surface area contributed by atoms with E-state index in [1.807, 2.05) is 0 Å². The van der Waals surface area contributed by atoms with Crippen molar-refractivity contribution in [2.45, 2.75) is 0 Å².